The maximum absolute atomic E-state index is 12.8. The number of rotatable bonds is 1. The lowest BCUT2D eigenvalue weighted by Gasteiger charge is -1.98. The van der Waals surface area contributed by atoms with Crippen molar-refractivity contribution in [3.63, 3.8) is 0 Å². The summed E-state index contributed by atoms with van der Waals surface area (Å²) in [5.74, 6) is -0.600. The molecule has 0 aliphatic carbocycles. The van der Waals surface area contributed by atoms with E-state index in [0.717, 1.165) is 12.1 Å². The highest BCUT2D eigenvalue weighted by molar-refractivity contribution is 5.63. The monoisotopic (exact) mass is 180 g/mol. The highest BCUT2D eigenvalue weighted by Gasteiger charge is 2.16. The molecule has 0 radical (unpaired) electrons. The number of halogens is 1. The van der Waals surface area contributed by atoms with Crippen LogP contribution in [0.3, 0.4) is 0 Å². The summed E-state index contributed by atoms with van der Waals surface area (Å²) in [7, 11) is 0. The minimum Gasteiger partial charge on any atom is -0.260 e. The molecule has 0 aliphatic heterocycles. The second-order valence-electron chi connectivity index (χ2n) is 2.46. The average Bonchev–Trinajstić information content (AvgIpc) is 2.08. The highest BCUT2D eigenvalue weighted by Crippen LogP contribution is 2.29. The van der Waals surface area contributed by atoms with Crippen molar-refractivity contribution in [1.29, 1.82) is 0 Å². The second kappa shape index (κ2) is 3.19. The molecule has 1 aromatic carbocycles. The Morgan fingerprint density at radius 1 is 1.62 bits per heavy atom. The first-order valence-electron chi connectivity index (χ1n) is 3.38. The lowest BCUT2D eigenvalue weighted by Crippen LogP contribution is -1.91. The van der Waals surface area contributed by atoms with Crippen molar-refractivity contribution >= 4 is 11.4 Å². The predicted molar refractivity (Wildman–Crippen MR) is 44.1 cm³/mol. The zero-order chi connectivity index (χ0) is 10.0. The van der Waals surface area contributed by atoms with Crippen molar-refractivity contribution < 1.29 is 9.31 Å². The molecule has 0 saturated carbocycles. The van der Waals surface area contributed by atoms with E-state index in [1.807, 2.05) is 0 Å². The molecule has 0 saturated heterocycles. The molecular weight excluding hydrogens is 175 g/mol. The molecule has 0 unspecified atom stereocenters. The van der Waals surface area contributed by atoms with Gasteiger partial charge in [0.05, 0.1) is 11.5 Å². The van der Waals surface area contributed by atoms with Gasteiger partial charge in [0.1, 0.15) is 5.82 Å². The van der Waals surface area contributed by atoms with Crippen LogP contribution >= 0.6 is 0 Å². The van der Waals surface area contributed by atoms with Crippen molar-refractivity contribution in [1.82, 2.24) is 0 Å². The van der Waals surface area contributed by atoms with Gasteiger partial charge in [0.15, 0.2) is 0 Å². The van der Waals surface area contributed by atoms with Gasteiger partial charge in [0.2, 0.25) is 0 Å². The quantitative estimate of drug-likeness (QED) is 0.379. The Morgan fingerprint density at radius 2 is 2.23 bits per heavy atom. The van der Waals surface area contributed by atoms with E-state index in [1.54, 1.807) is 0 Å². The Labute approximate surface area is 73.6 Å². The zero-order valence-electron chi connectivity index (χ0n) is 6.74. The number of nitrogens with zero attached hydrogens (tertiary/aromatic N) is 2. The Bertz CT molecular complexity index is 409. The van der Waals surface area contributed by atoms with Crippen LogP contribution in [0.5, 0.6) is 0 Å². The minimum absolute atomic E-state index is 0.166. The molecule has 1 rings (SSSR count). The number of nitro benzene ring substituents is 1. The summed E-state index contributed by atoms with van der Waals surface area (Å²) in [6.45, 7) is 8.01. The topological polar surface area (TPSA) is 47.5 Å². The summed E-state index contributed by atoms with van der Waals surface area (Å²) in [6, 6.07) is 1.93. The first kappa shape index (κ1) is 9.13. The average molecular weight is 180 g/mol. The molecule has 0 atom stereocenters. The van der Waals surface area contributed by atoms with E-state index >= 15 is 0 Å². The van der Waals surface area contributed by atoms with Crippen LogP contribution in [0, 0.1) is 29.4 Å². The van der Waals surface area contributed by atoms with Crippen LogP contribution in [0.1, 0.15) is 5.56 Å². The molecule has 0 heterocycles. The molecule has 0 amide bonds. The summed E-state index contributed by atoms with van der Waals surface area (Å²) in [6.07, 6.45) is 0. The third-order valence-corrected chi connectivity index (χ3v) is 1.57. The highest BCUT2D eigenvalue weighted by atomic mass is 19.1. The molecule has 66 valence electrons. The fourth-order valence-corrected chi connectivity index (χ4v) is 0.892. The Hall–Kier alpha value is -1.96. The Balaban J connectivity index is 3.44. The van der Waals surface area contributed by atoms with Crippen LogP contribution in [-0.4, -0.2) is 4.92 Å². The van der Waals surface area contributed by atoms with Crippen LogP contribution < -0.4 is 0 Å². The lowest BCUT2D eigenvalue weighted by molar-refractivity contribution is -0.383. The van der Waals surface area contributed by atoms with E-state index in [4.69, 9.17) is 6.57 Å². The minimum atomic E-state index is -0.695. The van der Waals surface area contributed by atoms with Crippen LogP contribution in [0.15, 0.2) is 12.1 Å². The van der Waals surface area contributed by atoms with Crippen molar-refractivity contribution in [2.24, 2.45) is 0 Å². The van der Waals surface area contributed by atoms with Crippen molar-refractivity contribution in [3.05, 3.63) is 45.0 Å². The summed E-state index contributed by atoms with van der Waals surface area (Å²) in [5, 5.41) is 10.4. The summed E-state index contributed by atoms with van der Waals surface area (Å²) in [4.78, 5) is 12.6. The van der Waals surface area contributed by atoms with Gasteiger partial charge in [-0.2, -0.15) is 0 Å². The fraction of sp³-hybridized carbons (Fsp3) is 0.125. The van der Waals surface area contributed by atoms with Crippen LogP contribution in [0.4, 0.5) is 15.8 Å². The molecule has 0 fully saturated rings. The van der Waals surface area contributed by atoms with Crippen molar-refractivity contribution in [3.8, 4) is 0 Å². The molecule has 5 heteroatoms. The summed E-state index contributed by atoms with van der Waals surface area (Å²) >= 11 is 0. The van der Waals surface area contributed by atoms with E-state index in [-0.39, 0.29) is 16.9 Å². The molecule has 13 heavy (non-hydrogen) atoms. The number of benzene rings is 1. The van der Waals surface area contributed by atoms with Gasteiger partial charge in [-0.05, 0) is 18.6 Å². The molecule has 0 aromatic heterocycles. The molecule has 1 aromatic rings. The maximum atomic E-state index is 12.8. The smallest absolute Gasteiger partial charge is 0.260 e. The van der Waals surface area contributed by atoms with Crippen molar-refractivity contribution in [2.75, 3.05) is 0 Å². The van der Waals surface area contributed by atoms with E-state index in [9.17, 15) is 14.5 Å². The van der Waals surface area contributed by atoms with Gasteiger partial charge in [-0.3, -0.25) is 10.1 Å². The van der Waals surface area contributed by atoms with E-state index in [0.29, 0.717) is 0 Å². The molecule has 4 nitrogen and oxygen atoms in total. The first-order chi connectivity index (χ1) is 6.06. The van der Waals surface area contributed by atoms with Gasteiger partial charge in [0, 0.05) is 6.07 Å². The molecule has 0 N–H and O–H groups in total. The lowest BCUT2D eigenvalue weighted by atomic mass is 10.2. The SMILES string of the molecule is [C-]#[N+]c1cc(F)c(C)cc1[N+](=O)[O-]. The molecule has 0 aliphatic rings. The van der Waals surface area contributed by atoms with Gasteiger partial charge in [-0.15, -0.1) is 0 Å². The molecular formula is C8H5FN2O2. The van der Waals surface area contributed by atoms with E-state index < -0.39 is 10.7 Å². The summed E-state index contributed by atoms with van der Waals surface area (Å²) < 4.78 is 12.8. The van der Waals surface area contributed by atoms with Crippen molar-refractivity contribution in [2.45, 2.75) is 6.92 Å². The third-order valence-electron chi connectivity index (χ3n) is 1.57. The van der Waals surface area contributed by atoms with E-state index in [1.165, 1.54) is 6.92 Å². The van der Waals surface area contributed by atoms with Gasteiger partial charge in [-0.1, -0.05) is 0 Å². The number of nitro groups is 1. The van der Waals surface area contributed by atoms with Gasteiger partial charge >= 0.3 is 0 Å². The van der Waals surface area contributed by atoms with Gasteiger partial charge in [0.25, 0.3) is 11.4 Å². The van der Waals surface area contributed by atoms with Crippen LogP contribution in [-0.2, 0) is 0 Å². The fourth-order valence-electron chi connectivity index (χ4n) is 0.892. The van der Waals surface area contributed by atoms with Gasteiger partial charge < -0.3 is 0 Å². The second-order valence-corrected chi connectivity index (χ2v) is 2.46. The molecule has 0 spiro atoms. The first-order valence-corrected chi connectivity index (χ1v) is 3.38. The number of hydrogen-bond donors (Lipinski definition) is 0. The standard InChI is InChI=1S/C8H5FN2O2/c1-5-3-8(11(12)13)7(10-2)4-6(5)9/h3-4H,1H3. The number of hydrogen-bond acceptors (Lipinski definition) is 2. The Morgan fingerprint density at radius 3 is 2.69 bits per heavy atom. The van der Waals surface area contributed by atoms with Gasteiger partial charge in [-0.25, -0.2) is 9.24 Å². The predicted octanol–water partition coefficient (Wildman–Crippen LogP) is 2.59. The number of aryl methyl sites for hydroxylation is 1. The third kappa shape index (κ3) is 1.62. The Kier molecular flexibility index (Phi) is 2.24. The van der Waals surface area contributed by atoms with Crippen LogP contribution in [0.25, 0.3) is 4.85 Å². The maximum Gasteiger partial charge on any atom is 0.279 e. The normalized spacial score (nSPS) is 9.31. The molecule has 0 bridgehead atoms. The van der Waals surface area contributed by atoms with E-state index in [2.05, 4.69) is 4.85 Å². The van der Waals surface area contributed by atoms with Crippen LogP contribution in [0.2, 0.25) is 0 Å². The summed E-state index contributed by atoms with van der Waals surface area (Å²) in [5.41, 5.74) is -0.457. The largest absolute Gasteiger partial charge is 0.279 e. The zero-order valence-corrected chi connectivity index (χ0v) is 6.74.